The second kappa shape index (κ2) is 9.11. The Morgan fingerprint density at radius 2 is 1.87 bits per heavy atom. The minimum Gasteiger partial charge on any atom is -0.435 e. The topological polar surface area (TPSA) is 64.1 Å². The summed E-state index contributed by atoms with van der Waals surface area (Å²) < 4.78 is 56.6. The minimum absolute atomic E-state index is 0.00218. The zero-order valence-corrected chi connectivity index (χ0v) is 16.7. The molecule has 5 nitrogen and oxygen atoms in total. The zero-order valence-electron chi connectivity index (χ0n) is 16.7. The van der Waals surface area contributed by atoms with Gasteiger partial charge in [0.2, 0.25) is 0 Å². The highest BCUT2D eigenvalue weighted by atomic mass is 19.3. The van der Waals surface area contributed by atoms with Crippen molar-refractivity contribution in [3.8, 4) is 17.1 Å². The third-order valence-electron chi connectivity index (χ3n) is 4.55. The van der Waals surface area contributed by atoms with Gasteiger partial charge < -0.3 is 10.1 Å². The molecule has 0 radical (unpaired) electrons. The van der Waals surface area contributed by atoms with Crippen LogP contribution < -0.4 is 10.1 Å². The van der Waals surface area contributed by atoms with Crippen molar-refractivity contribution in [2.75, 3.05) is 5.32 Å². The second-order valence-corrected chi connectivity index (χ2v) is 6.69. The van der Waals surface area contributed by atoms with Gasteiger partial charge in [0.15, 0.2) is 5.82 Å². The van der Waals surface area contributed by atoms with E-state index in [4.69, 9.17) is 0 Å². The summed E-state index contributed by atoms with van der Waals surface area (Å²) in [5.41, 5.74) is 1.13. The molecule has 0 spiro atoms. The first-order chi connectivity index (χ1) is 14.7. The lowest BCUT2D eigenvalue weighted by atomic mass is 10.1. The fourth-order valence-electron chi connectivity index (χ4n) is 2.84. The number of alkyl halides is 4. The van der Waals surface area contributed by atoms with Crippen LogP contribution in [-0.2, 0) is 5.92 Å². The summed E-state index contributed by atoms with van der Waals surface area (Å²) in [7, 11) is 0. The van der Waals surface area contributed by atoms with E-state index in [1.54, 1.807) is 6.92 Å². The molecule has 1 amide bonds. The number of halogens is 4. The van der Waals surface area contributed by atoms with Crippen molar-refractivity contribution >= 4 is 11.6 Å². The summed E-state index contributed by atoms with van der Waals surface area (Å²) in [6, 6.07) is 11.3. The van der Waals surface area contributed by atoms with E-state index in [2.05, 4.69) is 20.0 Å². The van der Waals surface area contributed by atoms with E-state index >= 15 is 0 Å². The van der Waals surface area contributed by atoms with E-state index < -0.39 is 18.4 Å². The van der Waals surface area contributed by atoms with E-state index in [9.17, 15) is 22.4 Å². The first-order valence-electron chi connectivity index (χ1n) is 9.38. The van der Waals surface area contributed by atoms with Gasteiger partial charge >= 0.3 is 6.61 Å². The van der Waals surface area contributed by atoms with Crippen molar-refractivity contribution in [2.45, 2.75) is 32.8 Å². The average molecular weight is 433 g/mol. The van der Waals surface area contributed by atoms with Crippen LogP contribution in [0.2, 0.25) is 0 Å². The summed E-state index contributed by atoms with van der Waals surface area (Å²) in [4.78, 5) is 21.0. The summed E-state index contributed by atoms with van der Waals surface area (Å²) in [6.45, 7) is 0.0687. The standard InChI is InChI=1S/C22H19F4N3O2/c1-3-22(25,26)15-5-4-6-16(11-15)29-20(30)18-12-27-19(28-13(18)2)14-7-9-17(10-8-14)31-21(23)24/h4-12,21H,3H2,1-2H3,(H,29,30). The number of hydrogen-bond acceptors (Lipinski definition) is 4. The van der Waals surface area contributed by atoms with Gasteiger partial charge in [0.25, 0.3) is 11.8 Å². The molecule has 1 aromatic heterocycles. The third-order valence-corrected chi connectivity index (χ3v) is 4.55. The van der Waals surface area contributed by atoms with Crippen molar-refractivity contribution in [2.24, 2.45) is 0 Å². The smallest absolute Gasteiger partial charge is 0.387 e. The molecule has 0 bridgehead atoms. The lowest BCUT2D eigenvalue weighted by molar-refractivity contribution is -0.0498. The van der Waals surface area contributed by atoms with Crippen LogP contribution in [0.25, 0.3) is 11.4 Å². The molecular formula is C22H19F4N3O2. The van der Waals surface area contributed by atoms with Gasteiger partial charge in [-0.2, -0.15) is 8.78 Å². The van der Waals surface area contributed by atoms with E-state index in [-0.39, 0.29) is 29.0 Å². The maximum Gasteiger partial charge on any atom is 0.387 e. The van der Waals surface area contributed by atoms with Gasteiger partial charge in [-0.25, -0.2) is 18.7 Å². The lowest BCUT2D eigenvalue weighted by Gasteiger charge is -2.15. The Labute approximate surface area is 176 Å². The third kappa shape index (κ3) is 5.36. The van der Waals surface area contributed by atoms with E-state index in [1.165, 1.54) is 61.7 Å². The molecule has 0 saturated heterocycles. The SMILES string of the molecule is CCC(F)(F)c1cccc(NC(=O)c2cnc(-c3ccc(OC(F)F)cc3)nc2C)c1. The number of amides is 1. The maximum atomic E-state index is 13.9. The number of carbonyl (C=O) groups excluding carboxylic acids is 1. The average Bonchev–Trinajstić information content (AvgIpc) is 2.74. The molecule has 0 aliphatic rings. The van der Waals surface area contributed by atoms with Crippen LogP contribution in [-0.4, -0.2) is 22.5 Å². The molecule has 162 valence electrons. The maximum absolute atomic E-state index is 13.9. The first kappa shape index (κ1) is 22.2. The van der Waals surface area contributed by atoms with Gasteiger partial charge in [-0.15, -0.1) is 0 Å². The highest BCUT2D eigenvalue weighted by Crippen LogP contribution is 2.32. The zero-order chi connectivity index (χ0) is 22.6. The normalized spacial score (nSPS) is 11.5. The highest BCUT2D eigenvalue weighted by Gasteiger charge is 2.29. The molecule has 1 N–H and O–H groups in total. The predicted molar refractivity (Wildman–Crippen MR) is 107 cm³/mol. The number of nitrogens with zero attached hydrogens (tertiary/aromatic N) is 2. The van der Waals surface area contributed by atoms with Gasteiger partial charge in [0, 0.05) is 29.4 Å². The first-order valence-corrected chi connectivity index (χ1v) is 9.38. The van der Waals surface area contributed by atoms with Crippen LogP contribution in [0, 0.1) is 6.92 Å². The van der Waals surface area contributed by atoms with Crippen LogP contribution in [0.15, 0.2) is 54.7 Å². The number of rotatable bonds is 7. The number of ether oxygens (including phenoxy) is 1. The minimum atomic E-state index is -2.99. The fraction of sp³-hybridized carbons (Fsp3) is 0.227. The number of aryl methyl sites for hydroxylation is 1. The molecule has 31 heavy (non-hydrogen) atoms. The molecule has 9 heteroatoms. The van der Waals surface area contributed by atoms with E-state index in [0.29, 0.717) is 17.1 Å². The van der Waals surface area contributed by atoms with Gasteiger partial charge in [-0.05, 0) is 43.3 Å². The Kier molecular flexibility index (Phi) is 6.53. The summed E-state index contributed by atoms with van der Waals surface area (Å²) in [5, 5.41) is 2.58. The van der Waals surface area contributed by atoms with Crippen molar-refractivity contribution < 1.29 is 27.1 Å². The van der Waals surface area contributed by atoms with Crippen LogP contribution in [0.3, 0.4) is 0 Å². The van der Waals surface area contributed by atoms with Gasteiger partial charge in [-0.3, -0.25) is 4.79 Å². The van der Waals surface area contributed by atoms with Crippen LogP contribution in [0.5, 0.6) is 5.75 Å². The molecule has 3 rings (SSSR count). The molecule has 2 aromatic carbocycles. The summed E-state index contributed by atoms with van der Waals surface area (Å²) in [6.07, 6.45) is 0.967. The number of nitrogens with one attached hydrogen (secondary N) is 1. The van der Waals surface area contributed by atoms with Gasteiger partial charge in [0.1, 0.15) is 5.75 Å². The Balaban J connectivity index is 1.77. The molecule has 0 fully saturated rings. The van der Waals surface area contributed by atoms with Crippen molar-refractivity contribution in [1.82, 2.24) is 9.97 Å². The predicted octanol–water partition coefficient (Wildman–Crippen LogP) is 5.81. The molecule has 0 aliphatic carbocycles. The second-order valence-electron chi connectivity index (χ2n) is 6.69. The fourth-order valence-corrected chi connectivity index (χ4v) is 2.84. The number of hydrogen-bond donors (Lipinski definition) is 1. The Bertz CT molecular complexity index is 1070. The lowest BCUT2D eigenvalue weighted by Crippen LogP contribution is -2.16. The summed E-state index contributed by atoms with van der Waals surface area (Å²) >= 11 is 0. The number of carbonyl (C=O) groups is 1. The molecule has 1 heterocycles. The Morgan fingerprint density at radius 1 is 1.16 bits per heavy atom. The molecule has 0 unspecified atom stereocenters. The largest absolute Gasteiger partial charge is 0.435 e. The van der Waals surface area contributed by atoms with Gasteiger partial charge in [-0.1, -0.05) is 19.1 Å². The van der Waals surface area contributed by atoms with Crippen LogP contribution >= 0.6 is 0 Å². The Hall–Kier alpha value is -3.49. The number of anilines is 1. The molecule has 3 aromatic rings. The molecule has 0 aliphatic heterocycles. The van der Waals surface area contributed by atoms with Crippen LogP contribution in [0.1, 0.15) is 35.0 Å². The van der Waals surface area contributed by atoms with Crippen molar-refractivity contribution in [3.05, 3.63) is 71.5 Å². The quantitative estimate of drug-likeness (QED) is 0.478. The van der Waals surface area contributed by atoms with E-state index in [1.807, 2.05) is 0 Å². The van der Waals surface area contributed by atoms with Gasteiger partial charge in [0.05, 0.1) is 11.3 Å². The monoisotopic (exact) mass is 433 g/mol. The molecular weight excluding hydrogens is 414 g/mol. The molecule has 0 saturated carbocycles. The van der Waals surface area contributed by atoms with Crippen molar-refractivity contribution in [3.63, 3.8) is 0 Å². The number of benzene rings is 2. The van der Waals surface area contributed by atoms with Crippen molar-refractivity contribution in [1.29, 1.82) is 0 Å². The summed E-state index contributed by atoms with van der Waals surface area (Å²) in [5.74, 6) is -3.23. The van der Waals surface area contributed by atoms with E-state index in [0.717, 1.165) is 0 Å². The molecule has 0 atom stereocenters. The highest BCUT2D eigenvalue weighted by molar-refractivity contribution is 6.04. The van der Waals surface area contributed by atoms with Crippen LogP contribution in [0.4, 0.5) is 23.2 Å². The Morgan fingerprint density at radius 3 is 2.48 bits per heavy atom. The number of aromatic nitrogens is 2.